The summed E-state index contributed by atoms with van der Waals surface area (Å²) in [5.41, 5.74) is -0.647. The molecule has 126 valence electrons. The number of nitrogens with zero attached hydrogens (tertiary/aromatic N) is 2. The number of amides is 1. The van der Waals surface area contributed by atoms with Crippen molar-refractivity contribution in [2.75, 3.05) is 13.1 Å². The fourth-order valence-electron chi connectivity index (χ4n) is 2.19. The van der Waals surface area contributed by atoms with Gasteiger partial charge in [0.2, 0.25) is 0 Å². The van der Waals surface area contributed by atoms with Crippen LogP contribution < -0.4 is 4.74 Å². The lowest BCUT2D eigenvalue weighted by Crippen LogP contribution is -2.36. The van der Waals surface area contributed by atoms with E-state index in [1.807, 2.05) is 0 Å². The van der Waals surface area contributed by atoms with Crippen LogP contribution in [0.4, 0.5) is 10.5 Å². The Morgan fingerprint density at radius 1 is 1.43 bits per heavy atom. The lowest BCUT2D eigenvalue weighted by molar-refractivity contribution is -0.384. The van der Waals surface area contributed by atoms with Gasteiger partial charge in [-0.05, 0) is 26.8 Å². The van der Waals surface area contributed by atoms with Gasteiger partial charge in [0, 0.05) is 19.0 Å². The number of ether oxygens (including phenoxy) is 2. The normalized spacial score (nSPS) is 17.9. The highest BCUT2D eigenvalue weighted by molar-refractivity contribution is 6.32. The first kappa shape index (κ1) is 17.3. The summed E-state index contributed by atoms with van der Waals surface area (Å²) in [6, 6.07) is 4.03. The van der Waals surface area contributed by atoms with Gasteiger partial charge < -0.3 is 14.4 Å². The summed E-state index contributed by atoms with van der Waals surface area (Å²) < 4.78 is 11.0. The first-order chi connectivity index (χ1) is 10.7. The van der Waals surface area contributed by atoms with E-state index < -0.39 is 16.6 Å². The third-order valence-electron chi connectivity index (χ3n) is 3.22. The Hall–Kier alpha value is -2.02. The van der Waals surface area contributed by atoms with Gasteiger partial charge >= 0.3 is 6.09 Å². The molecule has 0 aromatic heterocycles. The quantitative estimate of drug-likeness (QED) is 0.618. The van der Waals surface area contributed by atoms with E-state index in [0.717, 1.165) is 0 Å². The molecule has 0 radical (unpaired) electrons. The van der Waals surface area contributed by atoms with Crippen LogP contribution >= 0.6 is 11.6 Å². The van der Waals surface area contributed by atoms with Crippen molar-refractivity contribution in [3.63, 3.8) is 0 Å². The SMILES string of the molecule is CC(C)(C)OC(=O)N1CCC(Oc2cc([N+](=O)[O-])ccc2Cl)C1. The molecule has 1 amide bonds. The number of hydrogen-bond donors (Lipinski definition) is 0. The predicted molar refractivity (Wildman–Crippen MR) is 84.9 cm³/mol. The van der Waals surface area contributed by atoms with E-state index in [-0.39, 0.29) is 17.5 Å². The second kappa shape index (κ2) is 6.62. The summed E-state index contributed by atoms with van der Waals surface area (Å²) in [4.78, 5) is 23.9. The first-order valence-electron chi connectivity index (χ1n) is 7.24. The number of rotatable bonds is 3. The second-order valence-corrected chi connectivity index (χ2v) is 6.73. The molecule has 1 heterocycles. The molecule has 1 unspecified atom stereocenters. The number of benzene rings is 1. The molecule has 0 bridgehead atoms. The highest BCUT2D eigenvalue weighted by Crippen LogP contribution is 2.31. The fourth-order valence-corrected chi connectivity index (χ4v) is 2.35. The van der Waals surface area contributed by atoms with Crippen LogP contribution in [0.5, 0.6) is 5.75 Å². The molecule has 1 aliphatic rings. The van der Waals surface area contributed by atoms with Crippen LogP contribution in [0.3, 0.4) is 0 Å². The third-order valence-corrected chi connectivity index (χ3v) is 3.53. The number of likely N-dealkylation sites (tertiary alicyclic amines) is 1. The van der Waals surface area contributed by atoms with E-state index in [1.165, 1.54) is 18.2 Å². The lowest BCUT2D eigenvalue weighted by Gasteiger charge is -2.24. The summed E-state index contributed by atoms with van der Waals surface area (Å²) in [5.74, 6) is 0.247. The van der Waals surface area contributed by atoms with E-state index in [1.54, 1.807) is 25.7 Å². The largest absolute Gasteiger partial charge is 0.487 e. The van der Waals surface area contributed by atoms with Crippen molar-refractivity contribution in [3.05, 3.63) is 33.3 Å². The zero-order valence-electron chi connectivity index (χ0n) is 13.2. The summed E-state index contributed by atoms with van der Waals surface area (Å²) >= 11 is 6.01. The smallest absolute Gasteiger partial charge is 0.410 e. The Bertz CT molecular complexity index is 614. The molecule has 1 aromatic carbocycles. The lowest BCUT2D eigenvalue weighted by atomic mass is 10.2. The van der Waals surface area contributed by atoms with Crippen molar-refractivity contribution in [3.8, 4) is 5.75 Å². The molecule has 1 saturated heterocycles. The highest BCUT2D eigenvalue weighted by atomic mass is 35.5. The zero-order valence-corrected chi connectivity index (χ0v) is 14.0. The number of nitro benzene ring substituents is 1. The minimum absolute atomic E-state index is 0.0913. The maximum atomic E-state index is 12.0. The summed E-state index contributed by atoms with van der Waals surface area (Å²) in [6.45, 7) is 6.27. The van der Waals surface area contributed by atoms with E-state index in [4.69, 9.17) is 21.1 Å². The van der Waals surface area contributed by atoms with E-state index in [2.05, 4.69) is 0 Å². The summed E-state index contributed by atoms with van der Waals surface area (Å²) in [7, 11) is 0. The Morgan fingerprint density at radius 3 is 2.74 bits per heavy atom. The molecule has 1 aromatic rings. The van der Waals surface area contributed by atoms with Crippen LogP contribution in [0.1, 0.15) is 27.2 Å². The van der Waals surface area contributed by atoms with Crippen molar-refractivity contribution < 1.29 is 19.2 Å². The van der Waals surface area contributed by atoms with Crippen molar-refractivity contribution in [1.29, 1.82) is 0 Å². The van der Waals surface area contributed by atoms with Gasteiger partial charge in [0.1, 0.15) is 17.5 Å². The maximum Gasteiger partial charge on any atom is 0.410 e. The minimum atomic E-state index is -0.556. The number of hydrogen-bond acceptors (Lipinski definition) is 5. The molecular weight excluding hydrogens is 324 g/mol. The van der Waals surface area contributed by atoms with Crippen LogP contribution in [-0.4, -0.2) is 40.7 Å². The van der Waals surface area contributed by atoms with Gasteiger partial charge in [-0.2, -0.15) is 0 Å². The summed E-state index contributed by atoms with van der Waals surface area (Å²) in [5, 5.41) is 11.1. The maximum absolute atomic E-state index is 12.0. The van der Waals surface area contributed by atoms with Crippen molar-refractivity contribution >= 4 is 23.4 Å². The number of carbonyl (C=O) groups is 1. The van der Waals surface area contributed by atoms with Crippen LogP contribution in [0, 0.1) is 10.1 Å². The van der Waals surface area contributed by atoms with E-state index in [9.17, 15) is 14.9 Å². The van der Waals surface area contributed by atoms with Gasteiger partial charge in [0.25, 0.3) is 5.69 Å². The predicted octanol–water partition coefficient (Wildman–Crippen LogP) is 3.64. The molecule has 23 heavy (non-hydrogen) atoms. The summed E-state index contributed by atoms with van der Waals surface area (Å²) in [6.07, 6.45) is -0.0612. The average molecular weight is 343 g/mol. The van der Waals surface area contributed by atoms with Crippen LogP contribution in [0.25, 0.3) is 0 Å². The van der Waals surface area contributed by atoms with E-state index in [0.29, 0.717) is 24.5 Å². The zero-order chi connectivity index (χ0) is 17.2. The Labute approximate surface area is 139 Å². The Balaban J connectivity index is 1.99. The minimum Gasteiger partial charge on any atom is -0.487 e. The first-order valence-corrected chi connectivity index (χ1v) is 7.62. The molecule has 2 rings (SSSR count). The Morgan fingerprint density at radius 2 is 2.13 bits per heavy atom. The van der Waals surface area contributed by atoms with Gasteiger partial charge in [-0.1, -0.05) is 11.6 Å². The van der Waals surface area contributed by atoms with Crippen LogP contribution in [-0.2, 0) is 4.74 Å². The molecule has 1 atom stereocenters. The van der Waals surface area contributed by atoms with Gasteiger partial charge in [-0.25, -0.2) is 4.79 Å². The van der Waals surface area contributed by atoms with Gasteiger partial charge in [-0.3, -0.25) is 10.1 Å². The molecule has 7 nitrogen and oxygen atoms in total. The average Bonchev–Trinajstić information content (AvgIpc) is 2.88. The van der Waals surface area contributed by atoms with Crippen molar-refractivity contribution in [2.45, 2.75) is 38.9 Å². The number of carbonyl (C=O) groups excluding carboxylic acids is 1. The molecule has 1 fully saturated rings. The molecule has 0 saturated carbocycles. The topological polar surface area (TPSA) is 81.9 Å². The highest BCUT2D eigenvalue weighted by Gasteiger charge is 2.31. The van der Waals surface area contributed by atoms with Crippen LogP contribution in [0.2, 0.25) is 5.02 Å². The molecule has 0 spiro atoms. The number of non-ortho nitro benzene ring substituents is 1. The van der Waals surface area contributed by atoms with Crippen LogP contribution in [0.15, 0.2) is 18.2 Å². The standard InChI is InChI=1S/C15H19ClN2O5/c1-15(2,3)23-14(19)17-7-6-11(9-17)22-13-8-10(18(20)21)4-5-12(13)16/h4-5,8,11H,6-7,9H2,1-3H3. The molecule has 0 aliphatic carbocycles. The fraction of sp³-hybridized carbons (Fsp3) is 0.533. The van der Waals surface area contributed by atoms with E-state index >= 15 is 0 Å². The third kappa shape index (κ3) is 4.72. The molecule has 8 heteroatoms. The molecule has 0 N–H and O–H groups in total. The van der Waals surface area contributed by atoms with Gasteiger partial charge in [0.05, 0.1) is 22.6 Å². The monoisotopic (exact) mass is 342 g/mol. The second-order valence-electron chi connectivity index (χ2n) is 6.33. The number of halogens is 1. The molecular formula is C15H19ClN2O5. The van der Waals surface area contributed by atoms with Crippen molar-refractivity contribution in [2.24, 2.45) is 0 Å². The Kier molecular flexibility index (Phi) is 4.99. The van der Waals surface area contributed by atoms with Crippen molar-refractivity contribution in [1.82, 2.24) is 4.90 Å². The number of nitro groups is 1. The van der Waals surface area contributed by atoms with Gasteiger partial charge in [-0.15, -0.1) is 0 Å². The molecule has 1 aliphatic heterocycles. The van der Waals surface area contributed by atoms with Gasteiger partial charge in [0.15, 0.2) is 0 Å².